The fourth-order valence-corrected chi connectivity index (χ4v) is 6.25. The first-order valence-corrected chi connectivity index (χ1v) is 20.6. The molecule has 10 nitrogen and oxygen atoms in total. The summed E-state index contributed by atoms with van der Waals surface area (Å²) in [5, 5.41) is 0. The van der Waals surface area contributed by atoms with Crippen LogP contribution in [0.3, 0.4) is 0 Å². The van der Waals surface area contributed by atoms with Crippen LogP contribution in [0.1, 0.15) is 89.9 Å². The maximum Gasteiger partial charge on any atom is 0.306 e. The van der Waals surface area contributed by atoms with Gasteiger partial charge in [0.2, 0.25) is 0 Å². The van der Waals surface area contributed by atoms with Gasteiger partial charge in [0.05, 0.1) is 25.4 Å². The first-order chi connectivity index (χ1) is 27.2. The quantitative estimate of drug-likeness (QED) is 0.194. The minimum atomic E-state index is -0.689. The third kappa shape index (κ3) is 21.2. The third-order valence-corrected chi connectivity index (χ3v) is 9.47. The van der Waals surface area contributed by atoms with E-state index in [1.54, 1.807) is 0 Å². The second kappa shape index (κ2) is 28.1. The van der Waals surface area contributed by atoms with E-state index in [1.165, 1.54) is 0 Å². The van der Waals surface area contributed by atoms with Crippen molar-refractivity contribution < 1.29 is 38.0 Å². The molecule has 2 spiro atoms. The molecule has 56 heavy (non-hydrogen) atoms. The minimum Gasteiger partial charge on any atom is -0.461 e. The Kier molecular flexibility index (Phi) is 23.6. The number of ether oxygens (including phenoxy) is 6. The molecular formula is C46H70N2O8. The van der Waals surface area contributed by atoms with Gasteiger partial charge in [-0.3, -0.25) is 9.59 Å². The van der Waals surface area contributed by atoms with Crippen LogP contribution in [0.15, 0.2) is 97.2 Å². The van der Waals surface area contributed by atoms with Crippen molar-refractivity contribution >= 4 is 11.9 Å². The SMILES string of the molecule is CN(C)CCC1COC2(CC=CCC=CCCC(=O)OCC=CCC=CCC3(CC=CCC=CCOC(=O)CCC=CCC=CC2)OCC(CCN(C)C)O3)O1. The van der Waals surface area contributed by atoms with Gasteiger partial charge in [-0.1, -0.05) is 97.2 Å². The number of esters is 2. The molecule has 2 atom stereocenters. The van der Waals surface area contributed by atoms with Crippen LogP contribution in [0.2, 0.25) is 0 Å². The summed E-state index contributed by atoms with van der Waals surface area (Å²) < 4.78 is 36.3. The molecular weight excluding hydrogens is 709 g/mol. The van der Waals surface area contributed by atoms with Crippen molar-refractivity contribution in [3.05, 3.63) is 97.2 Å². The van der Waals surface area contributed by atoms with Crippen molar-refractivity contribution in [1.29, 1.82) is 0 Å². The van der Waals surface area contributed by atoms with Crippen molar-refractivity contribution in [2.24, 2.45) is 0 Å². The van der Waals surface area contributed by atoms with Crippen LogP contribution in [0.4, 0.5) is 0 Å². The lowest BCUT2D eigenvalue weighted by atomic mass is 10.1. The summed E-state index contributed by atoms with van der Waals surface area (Å²) in [5.41, 5.74) is 0. The van der Waals surface area contributed by atoms with Crippen molar-refractivity contribution in [3.63, 3.8) is 0 Å². The number of allylic oxidation sites excluding steroid dienone is 10. The van der Waals surface area contributed by atoms with E-state index in [9.17, 15) is 9.59 Å². The molecule has 0 radical (unpaired) electrons. The molecule has 3 heterocycles. The molecule has 0 aromatic heterocycles. The third-order valence-electron chi connectivity index (χ3n) is 9.47. The van der Waals surface area contributed by atoms with Gasteiger partial charge in [-0.25, -0.2) is 0 Å². The number of carbonyl (C=O) groups excluding carboxylic acids is 2. The zero-order valence-corrected chi connectivity index (χ0v) is 34.7. The van der Waals surface area contributed by atoms with Crippen LogP contribution in [0.25, 0.3) is 0 Å². The summed E-state index contributed by atoms with van der Waals surface area (Å²) in [6, 6.07) is 0. The molecule has 0 aliphatic carbocycles. The molecule has 2 fully saturated rings. The van der Waals surface area contributed by atoms with Gasteiger partial charge in [-0.15, -0.1) is 0 Å². The first-order valence-electron chi connectivity index (χ1n) is 20.6. The molecule has 0 N–H and O–H groups in total. The molecule has 2 saturated heterocycles. The standard InChI is InChI=1S/C46H70N2O8/c1-47(2)35-29-41-39-53-45(55-41)31-21-13-7-5-11-19-27-43(49)51-37-25-17-9-15-23-33-46(54-40-42(56-46)30-36-48(3)4)34-24-16-10-18-26-38-52-44(50)28-20-12-6-8-14-22-32-45/h5-6,11-18,21-26,41-42H,7-10,19-20,27-40H2,1-4H3. The van der Waals surface area contributed by atoms with E-state index in [0.717, 1.165) is 51.6 Å². The molecule has 0 saturated carbocycles. The normalized spacial score (nSPS) is 27.8. The van der Waals surface area contributed by atoms with Crippen LogP contribution >= 0.6 is 0 Å². The first kappa shape index (κ1) is 47.0. The van der Waals surface area contributed by atoms with Crippen LogP contribution < -0.4 is 0 Å². The molecule has 10 heteroatoms. The van der Waals surface area contributed by atoms with Gasteiger partial charge in [0.1, 0.15) is 13.2 Å². The van der Waals surface area contributed by atoms with Gasteiger partial charge < -0.3 is 38.2 Å². The Morgan fingerprint density at radius 2 is 0.839 bits per heavy atom. The molecule has 312 valence electrons. The lowest BCUT2D eigenvalue weighted by Gasteiger charge is -2.26. The highest BCUT2D eigenvalue weighted by Gasteiger charge is 2.40. The molecule has 0 aromatic rings. The summed E-state index contributed by atoms with van der Waals surface area (Å²) in [6.07, 6.45) is 42.4. The molecule has 0 aromatic carbocycles. The molecule has 0 amide bonds. The predicted octanol–water partition coefficient (Wildman–Crippen LogP) is 8.34. The van der Waals surface area contributed by atoms with E-state index in [0.29, 0.717) is 64.6 Å². The van der Waals surface area contributed by atoms with E-state index in [-0.39, 0.29) is 37.4 Å². The topological polar surface area (TPSA) is 96.0 Å². The van der Waals surface area contributed by atoms with Crippen molar-refractivity contribution in [1.82, 2.24) is 9.80 Å². The van der Waals surface area contributed by atoms with Crippen LogP contribution in [0.5, 0.6) is 0 Å². The van der Waals surface area contributed by atoms with Gasteiger partial charge in [0.15, 0.2) is 11.6 Å². The van der Waals surface area contributed by atoms with Crippen molar-refractivity contribution in [3.8, 4) is 0 Å². The maximum absolute atomic E-state index is 12.2. The highest BCUT2D eigenvalue weighted by molar-refractivity contribution is 5.70. The van der Waals surface area contributed by atoms with Crippen LogP contribution in [-0.4, -0.2) is 113 Å². The van der Waals surface area contributed by atoms with E-state index in [2.05, 4.69) is 98.8 Å². The number of hydrogen-bond donors (Lipinski definition) is 0. The van der Waals surface area contributed by atoms with Gasteiger partial charge in [-0.2, -0.15) is 0 Å². The van der Waals surface area contributed by atoms with Gasteiger partial charge in [0.25, 0.3) is 0 Å². The second-order valence-corrected chi connectivity index (χ2v) is 15.1. The maximum atomic E-state index is 12.2. The second-order valence-electron chi connectivity index (χ2n) is 15.1. The Morgan fingerprint density at radius 3 is 1.20 bits per heavy atom. The predicted molar refractivity (Wildman–Crippen MR) is 224 cm³/mol. The van der Waals surface area contributed by atoms with Gasteiger partial charge in [0, 0.05) is 51.6 Å². The largest absolute Gasteiger partial charge is 0.461 e. The fraction of sp³-hybridized carbons (Fsp3) is 0.609. The van der Waals surface area contributed by atoms with Crippen LogP contribution in [-0.2, 0) is 38.0 Å². The summed E-state index contributed by atoms with van der Waals surface area (Å²) in [7, 11) is 8.26. The summed E-state index contributed by atoms with van der Waals surface area (Å²) in [5.74, 6) is -1.77. The zero-order valence-electron chi connectivity index (χ0n) is 34.7. The Labute approximate surface area is 337 Å². The highest BCUT2D eigenvalue weighted by Crippen LogP contribution is 2.34. The highest BCUT2D eigenvalue weighted by atomic mass is 16.7. The minimum absolute atomic E-state index is 0.0601. The number of cyclic esters (lactones) is 2. The molecule has 3 aliphatic rings. The van der Waals surface area contributed by atoms with Crippen molar-refractivity contribution in [2.45, 2.75) is 114 Å². The van der Waals surface area contributed by atoms with Gasteiger partial charge in [-0.05, 0) is 79.6 Å². The number of hydrogen-bond acceptors (Lipinski definition) is 10. The van der Waals surface area contributed by atoms with Gasteiger partial charge >= 0.3 is 11.9 Å². The average molecular weight is 779 g/mol. The Hall–Kier alpha value is -3.38. The molecule has 0 bridgehead atoms. The lowest BCUT2D eigenvalue weighted by Crippen LogP contribution is -2.30. The fourth-order valence-electron chi connectivity index (χ4n) is 6.25. The number of rotatable bonds is 6. The lowest BCUT2D eigenvalue weighted by molar-refractivity contribution is -0.163. The Balaban J connectivity index is 1.55. The number of nitrogens with zero attached hydrogens (tertiary/aromatic N) is 2. The van der Waals surface area contributed by atoms with Crippen molar-refractivity contribution in [2.75, 3.05) is 67.7 Å². The van der Waals surface area contributed by atoms with E-state index in [1.807, 2.05) is 36.5 Å². The monoisotopic (exact) mass is 779 g/mol. The smallest absolute Gasteiger partial charge is 0.306 e. The molecule has 3 rings (SSSR count). The Morgan fingerprint density at radius 1 is 0.500 bits per heavy atom. The van der Waals surface area contributed by atoms with Crippen LogP contribution in [0, 0.1) is 0 Å². The van der Waals surface area contributed by atoms with E-state index < -0.39 is 11.6 Å². The summed E-state index contributed by atoms with van der Waals surface area (Å²) in [4.78, 5) is 28.8. The number of carbonyl (C=O) groups is 2. The van der Waals surface area contributed by atoms with E-state index >= 15 is 0 Å². The Bertz CT molecular complexity index is 1190. The molecule has 2 unspecified atom stereocenters. The summed E-state index contributed by atoms with van der Waals surface area (Å²) >= 11 is 0. The molecule has 3 aliphatic heterocycles. The summed E-state index contributed by atoms with van der Waals surface area (Å²) in [6.45, 7) is 3.58. The average Bonchev–Trinajstić information content (AvgIpc) is 3.78. The van der Waals surface area contributed by atoms with E-state index in [4.69, 9.17) is 28.4 Å². The zero-order chi connectivity index (χ0) is 40.2.